The van der Waals surface area contributed by atoms with Crippen LogP contribution in [0.2, 0.25) is 0 Å². The molecule has 3 aromatic rings. The second kappa shape index (κ2) is 12.5. The second-order valence-corrected chi connectivity index (χ2v) is 10.9. The highest BCUT2D eigenvalue weighted by Gasteiger charge is 2.38. The van der Waals surface area contributed by atoms with Crippen LogP contribution in [0.1, 0.15) is 22.3 Å². The Morgan fingerprint density at radius 3 is 2.62 bits per heavy atom. The van der Waals surface area contributed by atoms with Gasteiger partial charge < -0.3 is 19.7 Å². The summed E-state index contributed by atoms with van der Waals surface area (Å²) in [6.07, 6.45) is -7.85. The molecule has 3 heterocycles. The first-order chi connectivity index (χ1) is 21.2. The van der Waals surface area contributed by atoms with Gasteiger partial charge in [-0.2, -0.15) is 36.4 Å². The maximum Gasteiger partial charge on any atom is 0.416 e. The van der Waals surface area contributed by atoms with E-state index in [-0.39, 0.29) is 36.2 Å². The fraction of sp³-hybridized carbons (Fsp3) is 0.321. The van der Waals surface area contributed by atoms with Crippen LogP contribution in [0.3, 0.4) is 0 Å². The van der Waals surface area contributed by atoms with Gasteiger partial charge in [0, 0.05) is 11.9 Å². The van der Waals surface area contributed by atoms with Crippen LogP contribution in [0.25, 0.3) is 17.0 Å². The van der Waals surface area contributed by atoms with Gasteiger partial charge in [0.15, 0.2) is 11.3 Å². The molecule has 0 unspecified atom stereocenters. The Hall–Kier alpha value is -4.38. The first-order valence-corrected chi connectivity index (χ1v) is 14.0. The lowest BCUT2D eigenvalue weighted by molar-refractivity contribution is -0.144. The van der Waals surface area contributed by atoms with E-state index in [0.717, 1.165) is 17.8 Å². The summed E-state index contributed by atoms with van der Waals surface area (Å²) < 4.78 is 91.2. The Morgan fingerprint density at radius 1 is 1.13 bits per heavy atom. The molecule has 0 spiro atoms. The molecule has 17 heteroatoms. The zero-order valence-corrected chi connectivity index (χ0v) is 24.1. The van der Waals surface area contributed by atoms with Gasteiger partial charge in [0.2, 0.25) is 0 Å². The van der Waals surface area contributed by atoms with Gasteiger partial charge in [-0.05, 0) is 53.2 Å². The standard InChI is InChI=1S/C28H23F6N5O5S/c1-43-23(40)12-35-24(41)21-14-38(6-7-44-21)26-37-25(42)22(45-26)9-15-2-5-20-17(8-15)11-36-39(20)13-16-3-4-18(27(29,30)31)10-19(16)28(32,33)34/h2-5,8-11,21H,6-7,12-14H2,1H3,(H,35,41)/b22-9+/t21-/m0/s1. The highest BCUT2D eigenvalue weighted by atomic mass is 32.2. The molecular formula is C28H23F6N5O5S. The molecule has 1 aromatic heterocycles. The first-order valence-electron chi connectivity index (χ1n) is 13.2. The van der Waals surface area contributed by atoms with Crippen LogP contribution >= 0.6 is 11.8 Å². The Morgan fingerprint density at radius 2 is 1.91 bits per heavy atom. The molecule has 2 aliphatic rings. The van der Waals surface area contributed by atoms with E-state index in [1.807, 2.05) is 0 Å². The first kappa shape index (κ1) is 32.0. The number of amides is 2. The topological polar surface area (TPSA) is 115 Å². The number of methoxy groups -OCH3 is 1. The maximum absolute atomic E-state index is 13.6. The van der Waals surface area contributed by atoms with Gasteiger partial charge in [-0.15, -0.1) is 0 Å². The number of nitrogens with zero attached hydrogens (tertiary/aromatic N) is 4. The average Bonchev–Trinajstić information content (AvgIpc) is 3.57. The monoisotopic (exact) mass is 655 g/mol. The third-order valence-corrected chi connectivity index (χ3v) is 7.94. The quantitative estimate of drug-likeness (QED) is 0.240. The van der Waals surface area contributed by atoms with Crippen molar-refractivity contribution in [2.75, 3.05) is 33.4 Å². The van der Waals surface area contributed by atoms with E-state index in [2.05, 4.69) is 20.1 Å². The summed E-state index contributed by atoms with van der Waals surface area (Å²) in [5.74, 6) is -1.64. The van der Waals surface area contributed by atoms with E-state index in [1.165, 1.54) is 18.0 Å². The van der Waals surface area contributed by atoms with E-state index in [4.69, 9.17) is 4.74 Å². The van der Waals surface area contributed by atoms with Crippen LogP contribution in [0.4, 0.5) is 26.3 Å². The number of aromatic nitrogens is 2. The number of nitrogens with one attached hydrogen (secondary N) is 1. The molecule has 5 rings (SSSR count). The Labute approximate surface area is 255 Å². The van der Waals surface area contributed by atoms with Gasteiger partial charge in [-0.3, -0.25) is 19.1 Å². The number of hydrogen-bond donors (Lipinski definition) is 1. The number of amidine groups is 1. The lowest BCUT2D eigenvalue weighted by Crippen LogP contribution is -2.51. The number of halogens is 6. The Bertz CT molecular complexity index is 1720. The maximum atomic E-state index is 13.6. The zero-order valence-electron chi connectivity index (χ0n) is 23.2. The molecule has 1 saturated heterocycles. The van der Waals surface area contributed by atoms with Crippen molar-refractivity contribution in [3.8, 4) is 0 Å². The Kier molecular flexibility index (Phi) is 8.93. The molecule has 0 radical (unpaired) electrons. The SMILES string of the molecule is COC(=O)CNC(=O)[C@@H]1CN(C2=NC(=O)/C(=C\c3ccc4c(cnn4Cc4ccc(C(F)(F)F)cc4C(F)(F)F)c3)S2)CCO1. The number of esters is 1. The number of alkyl halides is 6. The van der Waals surface area contributed by atoms with Crippen LogP contribution in [0.5, 0.6) is 0 Å². The van der Waals surface area contributed by atoms with Crippen LogP contribution < -0.4 is 5.32 Å². The molecule has 1 atom stereocenters. The summed E-state index contributed by atoms with van der Waals surface area (Å²) in [5.41, 5.74) is -2.18. The van der Waals surface area contributed by atoms with Crippen molar-refractivity contribution in [3.05, 3.63) is 69.8 Å². The van der Waals surface area contributed by atoms with Crippen LogP contribution in [0.15, 0.2) is 52.5 Å². The number of carbonyl (C=O) groups excluding carboxylic acids is 3. The van der Waals surface area contributed by atoms with Crippen molar-refractivity contribution < 1.29 is 50.2 Å². The van der Waals surface area contributed by atoms with E-state index >= 15 is 0 Å². The number of morpholine rings is 1. The van der Waals surface area contributed by atoms with Crippen molar-refractivity contribution in [1.29, 1.82) is 0 Å². The van der Waals surface area contributed by atoms with E-state index < -0.39 is 53.9 Å². The van der Waals surface area contributed by atoms with Gasteiger partial charge in [-0.25, -0.2) is 0 Å². The lowest BCUT2D eigenvalue weighted by Gasteiger charge is -2.32. The number of benzene rings is 2. The summed E-state index contributed by atoms with van der Waals surface area (Å²) in [4.78, 5) is 42.5. The van der Waals surface area contributed by atoms with E-state index in [9.17, 15) is 40.7 Å². The average molecular weight is 656 g/mol. The number of ether oxygens (including phenoxy) is 2. The number of hydrogen-bond acceptors (Lipinski definition) is 8. The fourth-order valence-corrected chi connectivity index (χ4v) is 5.60. The molecule has 0 saturated carbocycles. The molecule has 1 fully saturated rings. The molecule has 238 valence electrons. The minimum Gasteiger partial charge on any atom is -0.468 e. The molecule has 1 N–H and O–H groups in total. The third-order valence-electron chi connectivity index (χ3n) is 6.90. The van der Waals surface area contributed by atoms with E-state index in [0.29, 0.717) is 34.2 Å². The summed E-state index contributed by atoms with van der Waals surface area (Å²) in [6, 6.07) is 6.35. The smallest absolute Gasteiger partial charge is 0.416 e. The second-order valence-electron chi connectivity index (χ2n) is 9.90. The van der Waals surface area contributed by atoms with Crippen molar-refractivity contribution in [3.63, 3.8) is 0 Å². The number of thioether (sulfide) groups is 1. The van der Waals surface area contributed by atoms with Crippen molar-refractivity contribution in [1.82, 2.24) is 20.0 Å². The van der Waals surface area contributed by atoms with Gasteiger partial charge >= 0.3 is 18.3 Å². The largest absolute Gasteiger partial charge is 0.468 e. The molecule has 10 nitrogen and oxygen atoms in total. The van der Waals surface area contributed by atoms with Crippen LogP contribution in [-0.4, -0.2) is 77.1 Å². The highest BCUT2D eigenvalue weighted by molar-refractivity contribution is 8.18. The number of carbonyl (C=O) groups is 3. The number of rotatable bonds is 6. The normalized spacial score (nSPS) is 18.4. The summed E-state index contributed by atoms with van der Waals surface area (Å²) in [5, 5.41) is 7.44. The zero-order chi connectivity index (χ0) is 32.5. The third kappa shape index (κ3) is 7.30. The summed E-state index contributed by atoms with van der Waals surface area (Å²) in [7, 11) is 1.19. The predicted molar refractivity (Wildman–Crippen MR) is 150 cm³/mol. The van der Waals surface area contributed by atoms with Crippen LogP contribution in [0, 0.1) is 0 Å². The minimum atomic E-state index is -5.01. The summed E-state index contributed by atoms with van der Waals surface area (Å²) in [6.45, 7) is -0.0968. The fourth-order valence-electron chi connectivity index (χ4n) is 4.65. The minimum absolute atomic E-state index is 0.0922. The predicted octanol–water partition coefficient (Wildman–Crippen LogP) is 4.08. The number of fused-ring (bicyclic) bond motifs is 1. The van der Waals surface area contributed by atoms with Gasteiger partial charge in [-0.1, -0.05) is 12.1 Å². The molecule has 0 bridgehead atoms. The van der Waals surface area contributed by atoms with E-state index in [1.54, 1.807) is 29.2 Å². The van der Waals surface area contributed by atoms with Gasteiger partial charge in [0.25, 0.3) is 11.8 Å². The van der Waals surface area contributed by atoms with Crippen molar-refractivity contribution in [2.45, 2.75) is 25.0 Å². The van der Waals surface area contributed by atoms with Gasteiger partial charge in [0.1, 0.15) is 6.54 Å². The highest BCUT2D eigenvalue weighted by Crippen LogP contribution is 2.38. The summed E-state index contributed by atoms with van der Waals surface area (Å²) >= 11 is 1.09. The molecule has 2 amide bonds. The number of aliphatic imine (C=N–C) groups is 1. The van der Waals surface area contributed by atoms with Crippen molar-refractivity contribution in [2.24, 2.45) is 4.99 Å². The Balaban J connectivity index is 1.29. The lowest BCUT2D eigenvalue weighted by atomic mass is 10.0. The van der Waals surface area contributed by atoms with Crippen molar-refractivity contribution >= 4 is 51.7 Å². The van der Waals surface area contributed by atoms with Gasteiger partial charge in [0.05, 0.1) is 54.6 Å². The molecular weight excluding hydrogens is 632 g/mol. The molecule has 0 aliphatic carbocycles. The molecule has 2 aliphatic heterocycles. The molecule has 2 aromatic carbocycles. The van der Waals surface area contributed by atoms with Crippen LogP contribution in [-0.2, 0) is 42.8 Å². The molecule has 45 heavy (non-hydrogen) atoms.